The molecule has 1 unspecified atom stereocenters. The van der Waals surface area contributed by atoms with Gasteiger partial charge in [-0.05, 0) is 69.1 Å². The van der Waals surface area contributed by atoms with Gasteiger partial charge in [0.2, 0.25) is 5.91 Å². The number of benzene rings is 2. The van der Waals surface area contributed by atoms with Gasteiger partial charge in [0, 0.05) is 37.3 Å². The van der Waals surface area contributed by atoms with E-state index in [0.717, 1.165) is 43.0 Å². The zero-order valence-electron chi connectivity index (χ0n) is 21.7. The lowest BCUT2D eigenvalue weighted by molar-refractivity contribution is -0.142. The number of carbonyl (C=O) groups is 2. The monoisotopic (exact) mass is 506 g/mol. The summed E-state index contributed by atoms with van der Waals surface area (Å²) < 4.78 is 11.9. The van der Waals surface area contributed by atoms with E-state index < -0.39 is 11.9 Å². The third-order valence-electron chi connectivity index (χ3n) is 8.32. The first-order valence-corrected chi connectivity index (χ1v) is 13.7. The summed E-state index contributed by atoms with van der Waals surface area (Å²) >= 11 is 0. The van der Waals surface area contributed by atoms with Crippen molar-refractivity contribution in [3.8, 4) is 11.5 Å². The van der Waals surface area contributed by atoms with Gasteiger partial charge in [0.25, 0.3) is 0 Å². The Morgan fingerprint density at radius 2 is 1.70 bits per heavy atom. The minimum atomic E-state index is -0.781. The van der Waals surface area contributed by atoms with Crippen molar-refractivity contribution in [1.82, 2.24) is 4.90 Å². The number of carboxylic acid groups (broad SMARTS) is 1. The highest BCUT2D eigenvalue weighted by Gasteiger charge is 2.39. The van der Waals surface area contributed by atoms with Crippen LogP contribution in [0.25, 0.3) is 0 Å². The van der Waals surface area contributed by atoms with E-state index in [1.807, 2.05) is 29.2 Å². The molecule has 37 heavy (non-hydrogen) atoms. The molecule has 198 valence electrons. The molecular formula is C30H38N2O5. The summed E-state index contributed by atoms with van der Waals surface area (Å²) in [7, 11) is 1.68. The van der Waals surface area contributed by atoms with Crippen LogP contribution in [0, 0.1) is 11.8 Å². The number of carbonyl (C=O) groups excluding carboxylic acids is 1. The molecule has 0 aromatic heterocycles. The molecule has 2 aromatic carbocycles. The SMILES string of the molecule is COc1ccc(N2CCN(C(=O)C3CC[C@@H](C(=O)O)C3)[C@@H](Cc3ccccc3)C2)cc1OC1CCCC1. The van der Waals surface area contributed by atoms with Crippen LogP contribution in [0.5, 0.6) is 11.5 Å². The fourth-order valence-corrected chi connectivity index (χ4v) is 6.25. The fourth-order valence-electron chi connectivity index (χ4n) is 6.25. The smallest absolute Gasteiger partial charge is 0.306 e. The summed E-state index contributed by atoms with van der Waals surface area (Å²) in [4.78, 5) is 29.5. The van der Waals surface area contributed by atoms with Gasteiger partial charge in [0.05, 0.1) is 25.2 Å². The number of hydrogen-bond acceptors (Lipinski definition) is 5. The standard InChI is InChI=1S/C30H38N2O5/c1-36-27-14-13-24(19-28(27)37-26-9-5-6-10-26)31-15-16-32(25(20-31)17-21-7-3-2-4-8-21)29(33)22-11-12-23(18-22)30(34)35/h2-4,7-8,13-14,19,22-23,25-26H,5-6,9-12,15-18,20H2,1H3,(H,34,35)/t22?,23-,25+/m1/s1. The van der Waals surface area contributed by atoms with Gasteiger partial charge >= 0.3 is 5.97 Å². The van der Waals surface area contributed by atoms with Crippen LogP contribution in [-0.4, -0.2) is 60.8 Å². The number of piperazine rings is 1. The molecule has 1 aliphatic heterocycles. The number of ether oxygens (including phenoxy) is 2. The van der Waals surface area contributed by atoms with Crippen molar-refractivity contribution in [2.24, 2.45) is 11.8 Å². The molecule has 3 fully saturated rings. The van der Waals surface area contributed by atoms with Gasteiger partial charge in [-0.15, -0.1) is 0 Å². The molecule has 1 saturated heterocycles. The molecule has 2 aromatic rings. The van der Waals surface area contributed by atoms with Crippen LogP contribution in [0.15, 0.2) is 48.5 Å². The van der Waals surface area contributed by atoms with Gasteiger partial charge in [-0.1, -0.05) is 30.3 Å². The van der Waals surface area contributed by atoms with Crippen molar-refractivity contribution >= 4 is 17.6 Å². The van der Waals surface area contributed by atoms with E-state index in [4.69, 9.17) is 9.47 Å². The van der Waals surface area contributed by atoms with Gasteiger partial charge in [-0.3, -0.25) is 9.59 Å². The third-order valence-corrected chi connectivity index (χ3v) is 8.32. The van der Waals surface area contributed by atoms with Crippen molar-refractivity contribution in [3.63, 3.8) is 0 Å². The highest BCUT2D eigenvalue weighted by molar-refractivity contribution is 5.81. The molecule has 2 saturated carbocycles. The van der Waals surface area contributed by atoms with Crippen LogP contribution in [0.2, 0.25) is 0 Å². The Balaban J connectivity index is 1.35. The van der Waals surface area contributed by atoms with Gasteiger partial charge in [0.1, 0.15) is 0 Å². The summed E-state index contributed by atoms with van der Waals surface area (Å²) in [6.07, 6.45) is 7.28. The first-order chi connectivity index (χ1) is 18.0. The lowest BCUT2D eigenvalue weighted by Crippen LogP contribution is -2.57. The molecule has 0 spiro atoms. The highest BCUT2D eigenvalue weighted by Crippen LogP contribution is 2.37. The Labute approximate surface area is 219 Å². The third kappa shape index (κ3) is 5.86. The minimum absolute atomic E-state index is 0.00818. The van der Waals surface area contributed by atoms with Crippen molar-refractivity contribution in [2.75, 3.05) is 31.6 Å². The normalized spacial score (nSPS) is 24.3. The Kier molecular flexibility index (Phi) is 7.87. The Morgan fingerprint density at radius 3 is 2.41 bits per heavy atom. The molecular weight excluding hydrogens is 468 g/mol. The maximum atomic E-state index is 13.6. The Bertz CT molecular complexity index is 1080. The van der Waals surface area contributed by atoms with E-state index in [9.17, 15) is 14.7 Å². The van der Waals surface area contributed by atoms with Gasteiger partial charge in [-0.2, -0.15) is 0 Å². The molecule has 0 radical (unpaired) electrons. The van der Waals surface area contributed by atoms with Crippen LogP contribution in [0.1, 0.15) is 50.5 Å². The van der Waals surface area contributed by atoms with Gasteiger partial charge < -0.3 is 24.4 Å². The van der Waals surface area contributed by atoms with E-state index in [1.54, 1.807) is 7.11 Å². The van der Waals surface area contributed by atoms with Crippen molar-refractivity contribution < 1.29 is 24.2 Å². The summed E-state index contributed by atoms with van der Waals surface area (Å²) in [5.74, 6) is 0.273. The van der Waals surface area contributed by atoms with Crippen LogP contribution in [0.3, 0.4) is 0 Å². The zero-order valence-corrected chi connectivity index (χ0v) is 21.7. The van der Waals surface area contributed by atoms with Crippen LogP contribution in [0.4, 0.5) is 5.69 Å². The molecule has 3 atom stereocenters. The Morgan fingerprint density at radius 1 is 0.946 bits per heavy atom. The molecule has 7 heteroatoms. The topological polar surface area (TPSA) is 79.3 Å². The number of hydrogen-bond donors (Lipinski definition) is 1. The molecule has 3 aliphatic rings. The number of methoxy groups -OCH3 is 1. The van der Waals surface area contributed by atoms with E-state index >= 15 is 0 Å². The average Bonchev–Trinajstić information content (AvgIpc) is 3.62. The first kappa shape index (κ1) is 25.4. The summed E-state index contributed by atoms with van der Waals surface area (Å²) in [6, 6.07) is 16.4. The molecule has 1 heterocycles. The summed E-state index contributed by atoms with van der Waals surface area (Å²) in [5, 5.41) is 9.43. The Hall–Kier alpha value is -3.22. The van der Waals surface area contributed by atoms with Crippen LogP contribution >= 0.6 is 0 Å². The lowest BCUT2D eigenvalue weighted by Gasteiger charge is -2.43. The second kappa shape index (κ2) is 11.4. The number of carboxylic acids is 1. The van der Waals surface area contributed by atoms with Gasteiger partial charge in [-0.25, -0.2) is 0 Å². The first-order valence-electron chi connectivity index (χ1n) is 13.7. The van der Waals surface area contributed by atoms with Crippen molar-refractivity contribution in [2.45, 2.75) is 63.5 Å². The predicted octanol–water partition coefficient (Wildman–Crippen LogP) is 4.78. The average molecular weight is 507 g/mol. The van der Waals surface area contributed by atoms with Crippen LogP contribution in [-0.2, 0) is 16.0 Å². The molecule has 1 N–H and O–H groups in total. The maximum Gasteiger partial charge on any atom is 0.306 e. The van der Waals surface area contributed by atoms with Crippen LogP contribution < -0.4 is 14.4 Å². The summed E-state index contributed by atoms with van der Waals surface area (Å²) in [6.45, 7) is 2.06. The van der Waals surface area contributed by atoms with E-state index in [0.29, 0.717) is 32.4 Å². The molecule has 1 amide bonds. The van der Waals surface area contributed by atoms with E-state index in [2.05, 4.69) is 29.2 Å². The number of rotatable bonds is 8. The summed E-state index contributed by atoms with van der Waals surface area (Å²) in [5.41, 5.74) is 2.27. The number of nitrogens with zero attached hydrogens (tertiary/aromatic N) is 2. The quantitative estimate of drug-likeness (QED) is 0.555. The second-order valence-corrected chi connectivity index (χ2v) is 10.7. The lowest BCUT2D eigenvalue weighted by atomic mass is 9.97. The highest BCUT2D eigenvalue weighted by atomic mass is 16.5. The van der Waals surface area contributed by atoms with E-state index in [-0.39, 0.29) is 24.0 Å². The maximum absolute atomic E-state index is 13.6. The van der Waals surface area contributed by atoms with E-state index in [1.165, 1.54) is 18.4 Å². The zero-order chi connectivity index (χ0) is 25.8. The molecule has 2 aliphatic carbocycles. The molecule has 7 nitrogen and oxygen atoms in total. The predicted molar refractivity (Wildman–Crippen MR) is 142 cm³/mol. The second-order valence-electron chi connectivity index (χ2n) is 10.7. The van der Waals surface area contributed by atoms with Crippen molar-refractivity contribution in [1.29, 1.82) is 0 Å². The molecule has 5 rings (SSSR count). The van der Waals surface area contributed by atoms with Gasteiger partial charge in [0.15, 0.2) is 11.5 Å². The molecule has 0 bridgehead atoms. The largest absolute Gasteiger partial charge is 0.493 e. The fraction of sp³-hybridized carbons (Fsp3) is 0.533. The number of anilines is 1. The minimum Gasteiger partial charge on any atom is -0.493 e. The number of amides is 1. The number of aliphatic carboxylic acids is 1. The van der Waals surface area contributed by atoms with Crippen molar-refractivity contribution in [3.05, 3.63) is 54.1 Å².